The van der Waals surface area contributed by atoms with Gasteiger partial charge in [-0.25, -0.2) is 4.79 Å². The highest BCUT2D eigenvalue weighted by Gasteiger charge is 2.33. The molecule has 0 saturated heterocycles. The maximum Gasteiger partial charge on any atom is 0.338 e. The van der Waals surface area contributed by atoms with Crippen LogP contribution in [0.25, 0.3) is 0 Å². The van der Waals surface area contributed by atoms with Crippen LogP contribution < -0.4 is 10.5 Å². The standard InChI is InChI=1S/C18H25NO3/c1-21-17-11-14(7-9-16(17)19)18(20)22-15-8-6-12-4-2-3-5-13(12)10-15/h7,9,11-13,15H,2-6,8,10,19H2,1H3. The lowest BCUT2D eigenvalue weighted by molar-refractivity contribution is -0.000945. The molecule has 4 nitrogen and oxygen atoms in total. The Morgan fingerprint density at radius 1 is 1.14 bits per heavy atom. The summed E-state index contributed by atoms with van der Waals surface area (Å²) in [5.74, 6) is 1.87. The van der Waals surface area contributed by atoms with Crippen molar-refractivity contribution in [2.75, 3.05) is 12.8 Å². The summed E-state index contributed by atoms with van der Waals surface area (Å²) >= 11 is 0. The van der Waals surface area contributed by atoms with E-state index >= 15 is 0 Å². The summed E-state index contributed by atoms with van der Waals surface area (Å²) in [6, 6.07) is 5.05. The minimum absolute atomic E-state index is 0.0652. The van der Waals surface area contributed by atoms with Gasteiger partial charge in [-0.1, -0.05) is 25.7 Å². The number of esters is 1. The van der Waals surface area contributed by atoms with E-state index in [0.717, 1.165) is 24.7 Å². The molecular formula is C18H25NO3. The molecular weight excluding hydrogens is 278 g/mol. The first-order valence-corrected chi connectivity index (χ1v) is 8.32. The summed E-state index contributed by atoms with van der Waals surface area (Å²) in [5.41, 5.74) is 6.82. The second-order valence-electron chi connectivity index (χ2n) is 6.60. The van der Waals surface area contributed by atoms with Crippen molar-refractivity contribution in [2.45, 2.75) is 51.0 Å². The van der Waals surface area contributed by atoms with E-state index in [1.54, 1.807) is 25.3 Å². The van der Waals surface area contributed by atoms with Crippen molar-refractivity contribution in [1.82, 2.24) is 0 Å². The number of fused-ring (bicyclic) bond motifs is 1. The molecule has 1 aromatic rings. The lowest BCUT2D eigenvalue weighted by Gasteiger charge is -2.38. The van der Waals surface area contributed by atoms with Crippen LogP contribution in [0.5, 0.6) is 5.75 Å². The van der Waals surface area contributed by atoms with Crippen LogP contribution in [0.15, 0.2) is 18.2 Å². The van der Waals surface area contributed by atoms with Crippen molar-refractivity contribution >= 4 is 11.7 Å². The Labute approximate surface area is 132 Å². The molecule has 2 saturated carbocycles. The number of hydrogen-bond acceptors (Lipinski definition) is 4. The van der Waals surface area contributed by atoms with Crippen LogP contribution >= 0.6 is 0 Å². The van der Waals surface area contributed by atoms with Gasteiger partial charge in [-0.3, -0.25) is 0 Å². The molecule has 0 radical (unpaired) electrons. The minimum Gasteiger partial charge on any atom is -0.495 e. The van der Waals surface area contributed by atoms with Gasteiger partial charge in [0.25, 0.3) is 0 Å². The second kappa shape index (κ2) is 6.59. The minimum atomic E-state index is -0.266. The molecule has 22 heavy (non-hydrogen) atoms. The van der Waals surface area contributed by atoms with Gasteiger partial charge in [-0.15, -0.1) is 0 Å². The summed E-state index contributed by atoms with van der Waals surface area (Å²) in [4.78, 5) is 12.3. The van der Waals surface area contributed by atoms with Crippen LogP contribution in [0.3, 0.4) is 0 Å². The number of rotatable bonds is 3. The van der Waals surface area contributed by atoms with E-state index in [9.17, 15) is 4.79 Å². The summed E-state index contributed by atoms with van der Waals surface area (Å²) in [6.07, 6.45) is 8.66. The molecule has 0 spiro atoms. The average molecular weight is 303 g/mol. The first-order chi connectivity index (χ1) is 10.7. The van der Waals surface area contributed by atoms with Gasteiger partial charge in [-0.2, -0.15) is 0 Å². The molecule has 2 aliphatic carbocycles. The topological polar surface area (TPSA) is 61.5 Å². The number of ether oxygens (including phenoxy) is 2. The van der Waals surface area contributed by atoms with E-state index < -0.39 is 0 Å². The molecule has 1 aromatic carbocycles. The van der Waals surface area contributed by atoms with Gasteiger partial charge >= 0.3 is 5.97 Å². The number of carbonyl (C=O) groups excluding carboxylic acids is 1. The van der Waals surface area contributed by atoms with Gasteiger partial charge in [-0.05, 0) is 49.3 Å². The van der Waals surface area contributed by atoms with Crippen molar-refractivity contribution in [3.63, 3.8) is 0 Å². The number of carbonyl (C=O) groups is 1. The summed E-state index contributed by atoms with van der Waals surface area (Å²) in [7, 11) is 1.55. The third-order valence-corrected chi connectivity index (χ3v) is 5.23. The highest BCUT2D eigenvalue weighted by Crippen LogP contribution is 2.41. The zero-order valence-electron chi connectivity index (χ0n) is 13.2. The van der Waals surface area contributed by atoms with Crippen LogP contribution in [0.2, 0.25) is 0 Å². The molecule has 120 valence electrons. The number of benzene rings is 1. The molecule has 2 N–H and O–H groups in total. The third-order valence-electron chi connectivity index (χ3n) is 5.23. The van der Waals surface area contributed by atoms with Crippen molar-refractivity contribution in [3.05, 3.63) is 23.8 Å². The quantitative estimate of drug-likeness (QED) is 0.681. The van der Waals surface area contributed by atoms with Crippen LogP contribution in [-0.4, -0.2) is 19.2 Å². The highest BCUT2D eigenvalue weighted by atomic mass is 16.5. The Morgan fingerprint density at radius 3 is 2.68 bits per heavy atom. The Hall–Kier alpha value is -1.71. The zero-order valence-corrected chi connectivity index (χ0v) is 13.2. The van der Waals surface area contributed by atoms with Crippen molar-refractivity contribution in [1.29, 1.82) is 0 Å². The van der Waals surface area contributed by atoms with Gasteiger partial charge in [0.15, 0.2) is 0 Å². The van der Waals surface area contributed by atoms with E-state index in [2.05, 4.69) is 0 Å². The molecule has 0 heterocycles. The van der Waals surface area contributed by atoms with Gasteiger partial charge in [0, 0.05) is 0 Å². The molecule has 0 aliphatic heterocycles. The molecule has 3 unspecified atom stereocenters. The molecule has 2 fully saturated rings. The largest absolute Gasteiger partial charge is 0.495 e. The lowest BCUT2D eigenvalue weighted by Crippen LogP contribution is -2.33. The zero-order chi connectivity index (χ0) is 15.5. The van der Waals surface area contributed by atoms with Crippen LogP contribution in [-0.2, 0) is 4.74 Å². The molecule has 3 atom stereocenters. The van der Waals surface area contributed by atoms with Gasteiger partial charge in [0.1, 0.15) is 11.9 Å². The van der Waals surface area contributed by atoms with E-state index in [1.807, 2.05) is 0 Å². The fourth-order valence-electron chi connectivity index (χ4n) is 3.99. The van der Waals surface area contributed by atoms with Crippen LogP contribution in [0.1, 0.15) is 55.3 Å². The van der Waals surface area contributed by atoms with Crippen molar-refractivity contribution in [3.8, 4) is 5.75 Å². The van der Waals surface area contributed by atoms with Crippen molar-refractivity contribution < 1.29 is 14.3 Å². The molecule has 4 heteroatoms. The fraction of sp³-hybridized carbons (Fsp3) is 0.611. The maximum atomic E-state index is 12.3. The normalized spacial score (nSPS) is 27.8. The Kier molecular flexibility index (Phi) is 4.55. The fourth-order valence-corrected chi connectivity index (χ4v) is 3.99. The van der Waals surface area contributed by atoms with Gasteiger partial charge < -0.3 is 15.2 Å². The number of hydrogen-bond donors (Lipinski definition) is 1. The van der Waals surface area contributed by atoms with Crippen molar-refractivity contribution in [2.24, 2.45) is 11.8 Å². The van der Waals surface area contributed by atoms with E-state index in [-0.39, 0.29) is 12.1 Å². The van der Waals surface area contributed by atoms with Crippen LogP contribution in [0, 0.1) is 11.8 Å². The number of nitrogen functional groups attached to an aromatic ring is 1. The molecule has 0 bridgehead atoms. The van der Waals surface area contributed by atoms with Gasteiger partial charge in [0.05, 0.1) is 18.4 Å². The van der Waals surface area contributed by atoms with E-state index in [1.165, 1.54) is 32.1 Å². The molecule has 0 amide bonds. The Morgan fingerprint density at radius 2 is 1.91 bits per heavy atom. The predicted octanol–water partition coefficient (Wildman–Crippen LogP) is 3.79. The highest BCUT2D eigenvalue weighted by molar-refractivity contribution is 5.90. The monoisotopic (exact) mass is 303 g/mol. The van der Waals surface area contributed by atoms with E-state index in [0.29, 0.717) is 17.0 Å². The number of methoxy groups -OCH3 is 1. The lowest BCUT2D eigenvalue weighted by atomic mass is 9.70. The Bertz CT molecular complexity index is 543. The van der Waals surface area contributed by atoms with Gasteiger partial charge in [0.2, 0.25) is 0 Å². The first-order valence-electron chi connectivity index (χ1n) is 8.32. The number of nitrogens with two attached hydrogens (primary N) is 1. The molecule has 2 aliphatic rings. The summed E-state index contributed by atoms with van der Waals surface area (Å²) in [5, 5.41) is 0. The van der Waals surface area contributed by atoms with Crippen LogP contribution in [0.4, 0.5) is 5.69 Å². The number of anilines is 1. The summed E-state index contributed by atoms with van der Waals surface area (Å²) < 4.78 is 10.9. The first kappa shape index (κ1) is 15.2. The second-order valence-corrected chi connectivity index (χ2v) is 6.60. The predicted molar refractivity (Wildman–Crippen MR) is 85.9 cm³/mol. The third kappa shape index (κ3) is 3.21. The summed E-state index contributed by atoms with van der Waals surface area (Å²) in [6.45, 7) is 0. The SMILES string of the molecule is COc1cc(C(=O)OC2CCC3CCCCC3C2)ccc1N. The van der Waals surface area contributed by atoms with E-state index in [4.69, 9.17) is 15.2 Å². The molecule has 3 rings (SSSR count). The maximum absolute atomic E-state index is 12.3. The smallest absolute Gasteiger partial charge is 0.338 e. The molecule has 0 aromatic heterocycles. The Balaban J connectivity index is 1.62. The average Bonchev–Trinajstić information content (AvgIpc) is 2.55.